The Morgan fingerprint density at radius 2 is 2.13 bits per heavy atom. The molecular weight excluding hydrogens is 308 g/mol. The number of allylic oxidation sites excluding steroid dienone is 1. The summed E-state index contributed by atoms with van der Waals surface area (Å²) in [4.78, 5) is 16.7. The van der Waals surface area contributed by atoms with Crippen LogP contribution in [0.4, 0.5) is 0 Å². The summed E-state index contributed by atoms with van der Waals surface area (Å²) in [6, 6.07) is 0.356. The van der Waals surface area contributed by atoms with Gasteiger partial charge in [0.1, 0.15) is 6.17 Å². The third kappa shape index (κ3) is 3.22. The number of carbonyl (C=O) groups is 1. The van der Waals surface area contributed by atoms with Gasteiger partial charge >= 0.3 is 0 Å². The van der Waals surface area contributed by atoms with Crippen molar-refractivity contribution in [1.29, 1.82) is 0 Å². The van der Waals surface area contributed by atoms with E-state index < -0.39 is 0 Å². The lowest BCUT2D eigenvalue weighted by molar-refractivity contribution is -0.130. The van der Waals surface area contributed by atoms with Gasteiger partial charge in [-0.25, -0.2) is 0 Å². The van der Waals surface area contributed by atoms with E-state index in [0.29, 0.717) is 17.7 Å². The summed E-state index contributed by atoms with van der Waals surface area (Å²) in [5, 5.41) is 6.62. The van der Waals surface area contributed by atoms with Gasteiger partial charge in [-0.2, -0.15) is 11.8 Å². The van der Waals surface area contributed by atoms with Crippen LogP contribution in [0.2, 0.25) is 0 Å². The number of thioether (sulfide) groups is 1. The lowest BCUT2D eigenvalue weighted by Gasteiger charge is -2.44. The van der Waals surface area contributed by atoms with E-state index in [1.807, 2.05) is 23.6 Å². The zero-order valence-corrected chi connectivity index (χ0v) is 14.9. The minimum Gasteiger partial charge on any atom is -0.369 e. The van der Waals surface area contributed by atoms with Gasteiger partial charge in [0, 0.05) is 43.6 Å². The van der Waals surface area contributed by atoms with E-state index in [0.717, 1.165) is 19.5 Å². The predicted molar refractivity (Wildman–Crippen MR) is 95.7 cm³/mol. The summed E-state index contributed by atoms with van der Waals surface area (Å²) in [7, 11) is 2.16. The number of piperidine rings is 1. The molecule has 0 saturated carbocycles. The third-order valence-electron chi connectivity index (χ3n) is 5.05. The Balaban J connectivity index is 1.77. The molecule has 5 nitrogen and oxygen atoms in total. The molecule has 2 unspecified atom stereocenters. The van der Waals surface area contributed by atoms with Crippen LogP contribution in [0.25, 0.3) is 0 Å². The van der Waals surface area contributed by atoms with Crippen molar-refractivity contribution >= 4 is 17.7 Å². The largest absolute Gasteiger partial charge is 0.369 e. The Bertz CT molecular complexity index is 557. The van der Waals surface area contributed by atoms with Crippen molar-refractivity contribution in [3.63, 3.8) is 0 Å². The molecule has 0 spiro atoms. The van der Waals surface area contributed by atoms with Gasteiger partial charge in [-0.3, -0.25) is 4.79 Å². The van der Waals surface area contributed by atoms with E-state index in [2.05, 4.69) is 41.7 Å². The Hall–Kier alpha value is -1.56. The van der Waals surface area contributed by atoms with Crippen LogP contribution in [0.5, 0.6) is 0 Å². The fourth-order valence-corrected chi connectivity index (χ4v) is 4.03. The van der Waals surface area contributed by atoms with Crippen LogP contribution in [0.15, 0.2) is 35.8 Å². The number of likely N-dealkylation sites (tertiary alicyclic amines) is 1. The monoisotopic (exact) mass is 334 g/mol. The molecular formula is C17H26N4OS. The SMILES string of the molecule is CSCC(=O)N1CC[C@@H](C)C(N(C)C2=C3C=CNC3NC=C2)C1. The summed E-state index contributed by atoms with van der Waals surface area (Å²) in [5.74, 6) is 1.42. The highest BCUT2D eigenvalue weighted by Crippen LogP contribution is 2.28. The van der Waals surface area contributed by atoms with Crippen LogP contribution in [0.1, 0.15) is 13.3 Å². The summed E-state index contributed by atoms with van der Waals surface area (Å²) in [6.45, 7) is 4.00. The Morgan fingerprint density at radius 3 is 2.87 bits per heavy atom. The van der Waals surface area contributed by atoms with E-state index in [9.17, 15) is 4.79 Å². The predicted octanol–water partition coefficient (Wildman–Crippen LogP) is 1.33. The molecule has 2 N–H and O–H groups in total. The van der Waals surface area contributed by atoms with Gasteiger partial charge in [0.2, 0.25) is 5.91 Å². The van der Waals surface area contributed by atoms with E-state index in [1.165, 1.54) is 11.3 Å². The molecule has 23 heavy (non-hydrogen) atoms. The van der Waals surface area contributed by atoms with E-state index >= 15 is 0 Å². The Labute approximate surface area is 142 Å². The van der Waals surface area contributed by atoms with Gasteiger partial charge in [-0.1, -0.05) is 6.92 Å². The van der Waals surface area contributed by atoms with Crippen molar-refractivity contribution in [2.75, 3.05) is 32.1 Å². The average molecular weight is 334 g/mol. The third-order valence-corrected chi connectivity index (χ3v) is 5.59. The van der Waals surface area contributed by atoms with Crippen molar-refractivity contribution in [3.8, 4) is 0 Å². The molecule has 0 aromatic rings. The topological polar surface area (TPSA) is 47.6 Å². The molecule has 1 amide bonds. The quantitative estimate of drug-likeness (QED) is 0.812. The molecule has 3 aliphatic heterocycles. The van der Waals surface area contributed by atoms with Crippen LogP contribution in [0, 0.1) is 5.92 Å². The molecule has 126 valence electrons. The zero-order valence-electron chi connectivity index (χ0n) is 14.1. The number of likely N-dealkylation sites (N-methyl/N-ethyl adjacent to an activating group) is 1. The lowest BCUT2D eigenvalue weighted by Crippen LogP contribution is -2.53. The molecule has 0 aliphatic carbocycles. The van der Waals surface area contributed by atoms with Gasteiger partial charge in [0.25, 0.3) is 0 Å². The zero-order chi connectivity index (χ0) is 16.4. The molecule has 1 fully saturated rings. The first-order chi connectivity index (χ1) is 11.1. The summed E-state index contributed by atoms with van der Waals surface area (Å²) < 4.78 is 0. The van der Waals surface area contributed by atoms with E-state index in [1.54, 1.807) is 11.8 Å². The second-order valence-electron chi connectivity index (χ2n) is 6.49. The van der Waals surface area contributed by atoms with Crippen LogP contribution < -0.4 is 10.6 Å². The fourth-order valence-electron chi connectivity index (χ4n) is 3.60. The molecule has 0 aromatic carbocycles. The molecule has 0 bridgehead atoms. The number of dihydropyridines is 1. The van der Waals surface area contributed by atoms with Crippen LogP contribution in [-0.4, -0.2) is 60.1 Å². The molecule has 3 aliphatic rings. The minimum absolute atomic E-state index is 0.172. The first-order valence-electron chi connectivity index (χ1n) is 8.20. The number of amides is 1. The van der Waals surface area contributed by atoms with Crippen molar-refractivity contribution in [1.82, 2.24) is 20.4 Å². The first kappa shape index (κ1) is 16.3. The van der Waals surface area contributed by atoms with Crippen molar-refractivity contribution in [2.45, 2.75) is 25.6 Å². The van der Waals surface area contributed by atoms with Crippen LogP contribution in [-0.2, 0) is 4.79 Å². The molecule has 1 saturated heterocycles. The molecule has 0 aromatic heterocycles. The number of hydrogen-bond acceptors (Lipinski definition) is 5. The lowest BCUT2D eigenvalue weighted by atomic mass is 9.91. The molecule has 3 rings (SSSR count). The number of hydrogen-bond donors (Lipinski definition) is 2. The van der Waals surface area contributed by atoms with Crippen LogP contribution >= 0.6 is 11.8 Å². The second-order valence-corrected chi connectivity index (χ2v) is 7.36. The molecule has 0 radical (unpaired) electrons. The second kappa shape index (κ2) is 6.91. The van der Waals surface area contributed by atoms with E-state index in [-0.39, 0.29) is 12.1 Å². The number of fused-ring (bicyclic) bond motifs is 1. The van der Waals surface area contributed by atoms with Crippen molar-refractivity contribution in [3.05, 3.63) is 35.8 Å². The van der Waals surface area contributed by atoms with Crippen LogP contribution in [0.3, 0.4) is 0 Å². The smallest absolute Gasteiger partial charge is 0.232 e. The minimum atomic E-state index is 0.172. The highest BCUT2D eigenvalue weighted by atomic mass is 32.2. The maximum Gasteiger partial charge on any atom is 0.232 e. The van der Waals surface area contributed by atoms with Crippen molar-refractivity contribution in [2.24, 2.45) is 5.92 Å². The van der Waals surface area contributed by atoms with Gasteiger partial charge < -0.3 is 20.4 Å². The van der Waals surface area contributed by atoms with Gasteiger partial charge in [0.05, 0.1) is 5.75 Å². The molecule has 3 atom stereocenters. The average Bonchev–Trinajstić information content (AvgIpc) is 3.03. The van der Waals surface area contributed by atoms with Gasteiger partial charge in [-0.15, -0.1) is 0 Å². The van der Waals surface area contributed by atoms with Gasteiger partial charge in [-0.05, 0) is 36.9 Å². The maximum absolute atomic E-state index is 12.3. The fraction of sp³-hybridized carbons (Fsp3) is 0.588. The maximum atomic E-state index is 12.3. The Morgan fingerprint density at radius 1 is 1.39 bits per heavy atom. The standard InChI is InChI=1S/C17H26N4OS/c1-12-6-9-21(16(22)11-23-3)10-15(12)20(2)14-5-8-19-17-13(14)4-7-18-17/h4-5,7-8,12,15,17-19H,6,9-11H2,1-3H3/t12-,15?,17?/m1/s1. The number of rotatable bonds is 4. The summed E-state index contributed by atoms with van der Waals surface area (Å²) in [6.07, 6.45) is 11.5. The highest BCUT2D eigenvalue weighted by Gasteiger charge is 2.33. The normalized spacial score (nSPS) is 29.2. The number of nitrogens with one attached hydrogen (secondary N) is 2. The number of carbonyl (C=O) groups excluding carboxylic acids is 1. The van der Waals surface area contributed by atoms with Crippen molar-refractivity contribution < 1.29 is 4.79 Å². The molecule has 3 heterocycles. The summed E-state index contributed by atoms with van der Waals surface area (Å²) >= 11 is 1.60. The summed E-state index contributed by atoms with van der Waals surface area (Å²) in [5.41, 5.74) is 2.51. The number of nitrogens with zero attached hydrogens (tertiary/aromatic N) is 2. The van der Waals surface area contributed by atoms with Gasteiger partial charge in [0.15, 0.2) is 0 Å². The first-order valence-corrected chi connectivity index (χ1v) is 9.60. The highest BCUT2D eigenvalue weighted by molar-refractivity contribution is 7.99. The Kier molecular flexibility index (Phi) is 4.90. The molecule has 6 heteroatoms. The van der Waals surface area contributed by atoms with E-state index in [4.69, 9.17) is 0 Å².